The molecule has 0 fully saturated rings. The Kier molecular flexibility index (Phi) is 3.86. The van der Waals surface area contributed by atoms with Crippen molar-refractivity contribution in [2.45, 2.75) is 11.8 Å². The number of aryl methyl sites for hydroxylation is 1. The molecule has 0 spiro atoms. The number of amides is 1. The van der Waals surface area contributed by atoms with Crippen molar-refractivity contribution in [2.75, 3.05) is 10.5 Å². The van der Waals surface area contributed by atoms with Gasteiger partial charge in [-0.3, -0.25) is 9.52 Å². The number of benzene rings is 2. The van der Waals surface area contributed by atoms with Gasteiger partial charge in [-0.2, -0.15) is 0 Å². The third-order valence-electron chi connectivity index (χ3n) is 2.97. The fourth-order valence-corrected chi connectivity index (χ4v) is 2.88. The van der Waals surface area contributed by atoms with E-state index < -0.39 is 15.9 Å². The van der Waals surface area contributed by atoms with Gasteiger partial charge in [0.2, 0.25) is 5.91 Å². The molecule has 6 nitrogen and oxygen atoms in total. The zero-order chi connectivity index (χ0) is 15.6. The van der Waals surface area contributed by atoms with Gasteiger partial charge in [-0.05, 0) is 55.0 Å². The minimum atomic E-state index is -3.71. The molecule has 0 saturated heterocycles. The van der Waals surface area contributed by atoms with Crippen molar-refractivity contribution >= 4 is 27.3 Å². The van der Waals surface area contributed by atoms with E-state index in [1.54, 1.807) is 13.0 Å². The van der Waals surface area contributed by atoms with Crippen LogP contribution in [-0.2, 0) is 10.0 Å². The molecule has 0 radical (unpaired) electrons. The predicted octanol–water partition coefficient (Wildman–Crippen LogP) is 1.48. The largest absolute Gasteiger partial charge is 0.399 e. The van der Waals surface area contributed by atoms with Gasteiger partial charge < -0.3 is 11.5 Å². The smallest absolute Gasteiger partial charge is 0.261 e. The fraction of sp³-hybridized carbons (Fsp3) is 0.0714. The molecule has 0 atom stereocenters. The predicted molar refractivity (Wildman–Crippen MR) is 81.4 cm³/mol. The molecule has 0 heterocycles. The lowest BCUT2D eigenvalue weighted by Gasteiger charge is -2.10. The van der Waals surface area contributed by atoms with E-state index in [9.17, 15) is 13.2 Å². The van der Waals surface area contributed by atoms with Gasteiger partial charge in [-0.25, -0.2) is 8.42 Å². The summed E-state index contributed by atoms with van der Waals surface area (Å²) in [4.78, 5) is 11.1. The molecule has 0 aromatic heterocycles. The maximum absolute atomic E-state index is 12.2. The summed E-state index contributed by atoms with van der Waals surface area (Å²) in [6.07, 6.45) is 0. The Balaban J connectivity index is 2.28. The molecule has 2 rings (SSSR count). The number of primary amides is 1. The summed E-state index contributed by atoms with van der Waals surface area (Å²) in [5.41, 5.74) is 12.7. The maximum atomic E-state index is 12.2. The van der Waals surface area contributed by atoms with Gasteiger partial charge in [0.1, 0.15) is 0 Å². The Morgan fingerprint density at radius 1 is 1.10 bits per heavy atom. The van der Waals surface area contributed by atoms with Crippen LogP contribution in [-0.4, -0.2) is 14.3 Å². The number of carbonyl (C=O) groups excluding carboxylic acids is 1. The number of rotatable bonds is 4. The summed E-state index contributed by atoms with van der Waals surface area (Å²) in [6, 6.07) is 10.3. The summed E-state index contributed by atoms with van der Waals surface area (Å²) in [6.45, 7) is 1.73. The number of hydrogen-bond acceptors (Lipinski definition) is 4. The molecule has 7 heteroatoms. The van der Waals surface area contributed by atoms with E-state index in [4.69, 9.17) is 11.5 Å². The highest BCUT2D eigenvalue weighted by Crippen LogP contribution is 2.20. The maximum Gasteiger partial charge on any atom is 0.261 e. The lowest BCUT2D eigenvalue weighted by atomic mass is 10.2. The van der Waals surface area contributed by atoms with E-state index in [0.717, 1.165) is 0 Å². The number of nitrogen functional groups attached to an aromatic ring is 1. The van der Waals surface area contributed by atoms with Crippen molar-refractivity contribution in [3.05, 3.63) is 53.6 Å². The number of hydrogen-bond donors (Lipinski definition) is 3. The van der Waals surface area contributed by atoms with Crippen LogP contribution in [0, 0.1) is 6.92 Å². The molecule has 2 aromatic rings. The van der Waals surface area contributed by atoms with Crippen molar-refractivity contribution < 1.29 is 13.2 Å². The summed E-state index contributed by atoms with van der Waals surface area (Å²) in [5, 5.41) is 0. The first-order valence-corrected chi connectivity index (χ1v) is 7.57. The molecule has 1 amide bonds. The lowest BCUT2D eigenvalue weighted by Crippen LogP contribution is -2.14. The Bertz CT molecular complexity index is 784. The average Bonchev–Trinajstić information content (AvgIpc) is 2.42. The summed E-state index contributed by atoms with van der Waals surface area (Å²) in [5.74, 6) is -0.571. The van der Waals surface area contributed by atoms with E-state index in [0.29, 0.717) is 22.5 Å². The first-order valence-electron chi connectivity index (χ1n) is 6.08. The average molecular weight is 305 g/mol. The molecule has 5 N–H and O–H groups in total. The minimum Gasteiger partial charge on any atom is -0.399 e. The van der Waals surface area contributed by atoms with Crippen LogP contribution >= 0.6 is 0 Å². The molecule has 0 bridgehead atoms. The highest BCUT2D eigenvalue weighted by Gasteiger charge is 2.15. The van der Waals surface area contributed by atoms with Gasteiger partial charge in [0.05, 0.1) is 4.90 Å². The number of nitrogens with one attached hydrogen (secondary N) is 1. The fourth-order valence-electron chi connectivity index (χ4n) is 1.73. The quantitative estimate of drug-likeness (QED) is 0.742. The zero-order valence-corrected chi connectivity index (χ0v) is 12.1. The molecule has 0 unspecified atom stereocenters. The van der Waals surface area contributed by atoms with Crippen molar-refractivity contribution in [3.63, 3.8) is 0 Å². The monoisotopic (exact) mass is 305 g/mol. The van der Waals surface area contributed by atoms with Gasteiger partial charge in [-0.1, -0.05) is 0 Å². The third-order valence-corrected chi connectivity index (χ3v) is 4.35. The second-order valence-corrected chi connectivity index (χ2v) is 6.25. The Morgan fingerprint density at radius 2 is 1.71 bits per heavy atom. The standard InChI is InChI=1S/C14H15N3O3S/c1-9-8-12(6-7-13(9)15)21(19,20)17-11-4-2-10(3-5-11)14(16)18/h2-8,17H,15H2,1H3,(H2,16,18). The van der Waals surface area contributed by atoms with E-state index in [2.05, 4.69) is 4.72 Å². The van der Waals surface area contributed by atoms with Crippen molar-refractivity contribution in [1.29, 1.82) is 0 Å². The van der Waals surface area contributed by atoms with Crippen LogP contribution in [0.3, 0.4) is 0 Å². The van der Waals surface area contributed by atoms with Gasteiger partial charge in [-0.15, -0.1) is 0 Å². The van der Waals surface area contributed by atoms with Crippen LogP contribution in [0.15, 0.2) is 47.4 Å². The zero-order valence-electron chi connectivity index (χ0n) is 11.3. The summed E-state index contributed by atoms with van der Waals surface area (Å²) >= 11 is 0. The molecule has 2 aromatic carbocycles. The van der Waals surface area contributed by atoms with Crippen molar-refractivity contribution in [2.24, 2.45) is 5.73 Å². The molecular weight excluding hydrogens is 290 g/mol. The van der Waals surface area contributed by atoms with Gasteiger partial charge in [0.15, 0.2) is 0 Å². The van der Waals surface area contributed by atoms with Crippen LogP contribution in [0.1, 0.15) is 15.9 Å². The molecule has 0 aliphatic rings. The lowest BCUT2D eigenvalue weighted by molar-refractivity contribution is 0.100. The van der Waals surface area contributed by atoms with Gasteiger partial charge >= 0.3 is 0 Å². The van der Waals surface area contributed by atoms with Crippen LogP contribution in [0.4, 0.5) is 11.4 Å². The SMILES string of the molecule is Cc1cc(S(=O)(=O)Nc2ccc(C(N)=O)cc2)ccc1N. The molecule has 21 heavy (non-hydrogen) atoms. The Hall–Kier alpha value is -2.54. The van der Waals surface area contributed by atoms with E-state index in [1.807, 2.05) is 0 Å². The summed E-state index contributed by atoms with van der Waals surface area (Å²) in [7, 11) is -3.71. The van der Waals surface area contributed by atoms with Crippen molar-refractivity contribution in [1.82, 2.24) is 0 Å². The highest BCUT2D eigenvalue weighted by molar-refractivity contribution is 7.92. The molecule has 0 aliphatic carbocycles. The topological polar surface area (TPSA) is 115 Å². The normalized spacial score (nSPS) is 11.1. The highest BCUT2D eigenvalue weighted by atomic mass is 32.2. The second kappa shape index (κ2) is 5.45. The van der Waals surface area contributed by atoms with E-state index in [-0.39, 0.29) is 4.90 Å². The van der Waals surface area contributed by atoms with E-state index >= 15 is 0 Å². The van der Waals surface area contributed by atoms with Gasteiger partial charge in [0, 0.05) is 16.9 Å². The molecule has 0 saturated carbocycles. The van der Waals surface area contributed by atoms with Crippen molar-refractivity contribution in [3.8, 4) is 0 Å². The Morgan fingerprint density at radius 3 is 2.24 bits per heavy atom. The van der Waals surface area contributed by atoms with E-state index in [1.165, 1.54) is 36.4 Å². The van der Waals surface area contributed by atoms with Gasteiger partial charge in [0.25, 0.3) is 10.0 Å². The number of sulfonamides is 1. The summed E-state index contributed by atoms with van der Waals surface area (Å²) < 4.78 is 26.9. The van der Waals surface area contributed by atoms with Crippen LogP contribution in [0.25, 0.3) is 0 Å². The minimum absolute atomic E-state index is 0.119. The molecule has 0 aliphatic heterocycles. The molecule has 110 valence electrons. The number of nitrogens with two attached hydrogens (primary N) is 2. The third kappa shape index (κ3) is 3.32. The van der Waals surface area contributed by atoms with Crippen LogP contribution in [0.5, 0.6) is 0 Å². The Labute approximate surface area is 122 Å². The first-order chi connectivity index (χ1) is 9.79. The second-order valence-electron chi connectivity index (χ2n) is 4.57. The van der Waals surface area contributed by atoms with Crippen LogP contribution < -0.4 is 16.2 Å². The molecular formula is C14H15N3O3S. The number of anilines is 2. The number of carbonyl (C=O) groups is 1. The first kappa shape index (κ1) is 14.9. The van der Waals surface area contributed by atoms with Crippen LogP contribution in [0.2, 0.25) is 0 Å².